The molecule has 0 saturated heterocycles. The Bertz CT molecular complexity index is 541. The van der Waals surface area contributed by atoms with Crippen LogP contribution in [-0.2, 0) is 10.8 Å². The zero-order valence-electron chi connectivity index (χ0n) is 11.0. The van der Waals surface area contributed by atoms with Crippen molar-refractivity contribution in [3.05, 3.63) is 54.6 Å². The molecule has 2 aromatic rings. The van der Waals surface area contributed by atoms with Crippen molar-refractivity contribution in [2.45, 2.75) is 29.4 Å². The smallest absolute Gasteiger partial charge is 0.0849 e. The molecular formula is C15H18OSSi. The molecule has 0 saturated carbocycles. The zero-order valence-corrected chi connectivity index (χ0v) is 12.8. The molecule has 0 spiro atoms. The summed E-state index contributed by atoms with van der Waals surface area (Å²) in [6.45, 7) is 6.95. The Morgan fingerprint density at radius 1 is 0.778 bits per heavy atom. The van der Waals surface area contributed by atoms with Crippen molar-refractivity contribution < 1.29 is 4.21 Å². The van der Waals surface area contributed by atoms with Gasteiger partial charge in [0.05, 0.1) is 18.9 Å². The number of hydrogen-bond acceptors (Lipinski definition) is 1. The predicted molar refractivity (Wildman–Crippen MR) is 80.5 cm³/mol. The quantitative estimate of drug-likeness (QED) is 0.784. The van der Waals surface area contributed by atoms with Gasteiger partial charge >= 0.3 is 0 Å². The molecule has 0 radical (unpaired) electrons. The maximum Gasteiger partial charge on any atom is 0.0849 e. The van der Waals surface area contributed by atoms with Crippen LogP contribution in [0.3, 0.4) is 0 Å². The van der Waals surface area contributed by atoms with Crippen molar-refractivity contribution in [3.63, 3.8) is 0 Å². The largest absolute Gasteiger partial charge is 0.249 e. The Morgan fingerprint density at radius 2 is 1.28 bits per heavy atom. The van der Waals surface area contributed by atoms with E-state index in [1.165, 1.54) is 5.19 Å². The van der Waals surface area contributed by atoms with Gasteiger partial charge in [-0.2, -0.15) is 0 Å². The molecule has 1 nitrogen and oxygen atoms in total. The van der Waals surface area contributed by atoms with E-state index in [2.05, 4.69) is 31.8 Å². The van der Waals surface area contributed by atoms with Crippen LogP contribution in [0.15, 0.2) is 64.4 Å². The lowest BCUT2D eigenvalue weighted by atomic mass is 10.4. The first kappa shape index (κ1) is 13.2. The van der Waals surface area contributed by atoms with E-state index in [0.717, 1.165) is 9.79 Å². The van der Waals surface area contributed by atoms with Crippen molar-refractivity contribution in [3.8, 4) is 0 Å². The van der Waals surface area contributed by atoms with E-state index in [4.69, 9.17) is 0 Å². The van der Waals surface area contributed by atoms with Crippen molar-refractivity contribution in [1.29, 1.82) is 0 Å². The minimum Gasteiger partial charge on any atom is -0.249 e. The highest BCUT2D eigenvalue weighted by atomic mass is 32.2. The van der Waals surface area contributed by atoms with Crippen LogP contribution in [0.4, 0.5) is 0 Å². The summed E-state index contributed by atoms with van der Waals surface area (Å²) < 4.78 is 12.3. The third-order valence-electron chi connectivity index (χ3n) is 2.89. The average Bonchev–Trinajstić information content (AvgIpc) is 2.38. The molecule has 2 aromatic carbocycles. The lowest BCUT2D eigenvalue weighted by molar-refractivity contribution is 0.683. The summed E-state index contributed by atoms with van der Waals surface area (Å²) in [7, 11) is -2.34. The fraction of sp³-hybridized carbons (Fsp3) is 0.200. The second kappa shape index (κ2) is 5.20. The summed E-state index contributed by atoms with van der Waals surface area (Å²) in [5.74, 6) is 0. The van der Waals surface area contributed by atoms with Crippen LogP contribution < -0.4 is 5.19 Å². The van der Waals surface area contributed by atoms with Crippen LogP contribution in [0.25, 0.3) is 0 Å². The van der Waals surface area contributed by atoms with Crippen molar-refractivity contribution in [2.75, 3.05) is 0 Å². The lowest BCUT2D eigenvalue weighted by Crippen LogP contribution is -2.37. The minimum atomic E-state index is -1.27. The molecule has 94 valence electrons. The third kappa shape index (κ3) is 2.97. The molecule has 0 aliphatic rings. The molecule has 1 atom stereocenters. The second-order valence-corrected chi connectivity index (χ2v) is 11.9. The summed E-state index contributed by atoms with van der Waals surface area (Å²) in [5.41, 5.74) is 0. The first-order valence-electron chi connectivity index (χ1n) is 6.06. The summed E-state index contributed by atoms with van der Waals surface area (Å²) in [6.07, 6.45) is 0. The summed E-state index contributed by atoms with van der Waals surface area (Å²) in [5, 5.41) is 1.40. The Hall–Kier alpha value is -1.19. The maximum absolute atomic E-state index is 12.3. The molecule has 0 N–H and O–H groups in total. The van der Waals surface area contributed by atoms with Gasteiger partial charge in [-0.1, -0.05) is 55.2 Å². The molecule has 3 heteroatoms. The molecular weight excluding hydrogens is 256 g/mol. The molecule has 0 aromatic heterocycles. The standard InChI is InChI=1S/C15H18OSSi/c1-18(2,3)15-11-9-14(10-12-15)17(16)13-7-5-4-6-8-13/h4-12H,1-3H3. The van der Waals surface area contributed by atoms with Crippen molar-refractivity contribution >= 4 is 24.1 Å². The van der Waals surface area contributed by atoms with E-state index in [0.29, 0.717) is 0 Å². The molecule has 0 fully saturated rings. The SMILES string of the molecule is C[Si](C)(C)c1ccc(S(=O)c2ccccc2)cc1. The van der Waals surface area contributed by atoms with Gasteiger partial charge in [0.25, 0.3) is 0 Å². The monoisotopic (exact) mass is 274 g/mol. The fourth-order valence-corrected chi connectivity index (χ4v) is 3.99. The van der Waals surface area contributed by atoms with Crippen LogP contribution in [0.2, 0.25) is 19.6 Å². The second-order valence-electron chi connectivity index (χ2n) is 5.36. The number of rotatable bonds is 3. The van der Waals surface area contributed by atoms with Crippen LogP contribution in [0, 0.1) is 0 Å². The van der Waals surface area contributed by atoms with Gasteiger partial charge in [-0.25, -0.2) is 4.21 Å². The first-order valence-corrected chi connectivity index (χ1v) is 10.7. The summed E-state index contributed by atoms with van der Waals surface area (Å²) >= 11 is 0. The number of benzene rings is 2. The van der Waals surface area contributed by atoms with E-state index in [1.54, 1.807) is 0 Å². The van der Waals surface area contributed by atoms with Gasteiger partial charge in [0.2, 0.25) is 0 Å². The van der Waals surface area contributed by atoms with Gasteiger partial charge in [-0.15, -0.1) is 0 Å². The maximum atomic E-state index is 12.3. The third-order valence-corrected chi connectivity index (χ3v) is 6.36. The Morgan fingerprint density at radius 3 is 1.78 bits per heavy atom. The normalized spacial score (nSPS) is 13.3. The van der Waals surface area contributed by atoms with E-state index in [1.807, 2.05) is 42.5 Å². The van der Waals surface area contributed by atoms with Gasteiger partial charge in [-0.3, -0.25) is 0 Å². The van der Waals surface area contributed by atoms with Crippen LogP contribution in [0.5, 0.6) is 0 Å². The van der Waals surface area contributed by atoms with Crippen LogP contribution >= 0.6 is 0 Å². The predicted octanol–water partition coefficient (Wildman–Crippen LogP) is 3.40. The van der Waals surface area contributed by atoms with Gasteiger partial charge in [0.1, 0.15) is 0 Å². The molecule has 2 rings (SSSR count). The molecule has 0 bridgehead atoms. The highest BCUT2D eigenvalue weighted by molar-refractivity contribution is 7.85. The van der Waals surface area contributed by atoms with Crippen LogP contribution in [-0.4, -0.2) is 12.3 Å². The Labute approximate surface area is 112 Å². The zero-order chi connectivity index (χ0) is 13.2. The molecule has 18 heavy (non-hydrogen) atoms. The van der Waals surface area contributed by atoms with Gasteiger partial charge in [0.15, 0.2) is 0 Å². The van der Waals surface area contributed by atoms with Gasteiger partial charge < -0.3 is 0 Å². The Balaban J connectivity index is 2.28. The van der Waals surface area contributed by atoms with E-state index >= 15 is 0 Å². The first-order chi connectivity index (χ1) is 8.48. The summed E-state index contributed by atoms with van der Waals surface area (Å²) in [4.78, 5) is 1.74. The number of hydrogen-bond donors (Lipinski definition) is 0. The van der Waals surface area contributed by atoms with Crippen molar-refractivity contribution in [1.82, 2.24) is 0 Å². The van der Waals surface area contributed by atoms with Gasteiger partial charge in [0, 0.05) is 9.79 Å². The van der Waals surface area contributed by atoms with Gasteiger partial charge in [-0.05, 0) is 24.3 Å². The average molecular weight is 274 g/mol. The topological polar surface area (TPSA) is 17.1 Å². The van der Waals surface area contributed by atoms with Crippen molar-refractivity contribution in [2.24, 2.45) is 0 Å². The molecule has 0 aliphatic carbocycles. The highest BCUT2D eigenvalue weighted by Crippen LogP contribution is 2.15. The molecule has 1 unspecified atom stereocenters. The highest BCUT2D eigenvalue weighted by Gasteiger charge is 2.16. The molecule has 0 amide bonds. The Kier molecular flexibility index (Phi) is 3.83. The van der Waals surface area contributed by atoms with E-state index in [9.17, 15) is 4.21 Å². The summed E-state index contributed by atoms with van der Waals surface area (Å²) in [6, 6.07) is 17.8. The lowest BCUT2D eigenvalue weighted by Gasteiger charge is -2.16. The molecule has 0 aliphatic heterocycles. The molecule has 0 heterocycles. The fourth-order valence-electron chi connectivity index (χ4n) is 1.76. The minimum absolute atomic E-state index is 0.859. The van der Waals surface area contributed by atoms with E-state index < -0.39 is 18.9 Å². The van der Waals surface area contributed by atoms with E-state index in [-0.39, 0.29) is 0 Å². The van der Waals surface area contributed by atoms with Crippen LogP contribution in [0.1, 0.15) is 0 Å².